The summed E-state index contributed by atoms with van der Waals surface area (Å²) in [4.78, 5) is 16.0. The Labute approximate surface area is 153 Å². The van der Waals surface area contributed by atoms with Crippen LogP contribution in [0.4, 0.5) is 14.6 Å². The highest BCUT2D eigenvalue weighted by atomic mass is 19.1. The second kappa shape index (κ2) is 7.58. The Morgan fingerprint density at radius 2 is 2.04 bits per heavy atom. The third-order valence-corrected chi connectivity index (χ3v) is 3.83. The number of aromatic nitrogens is 3. The second-order valence-corrected chi connectivity index (χ2v) is 5.61. The lowest BCUT2D eigenvalue weighted by atomic mass is 10.1. The van der Waals surface area contributed by atoms with Crippen LogP contribution in [0.5, 0.6) is 0 Å². The van der Waals surface area contributed by atoms with Crippen molar-refractivity contribution in [2.45, 2.75) is 6.92 Å². The van der Waals surface area contributed by atoms with Crippen molar-refractivity contribution in [3.8, 4) is 17.3 Å². The number of carbonyl (C=O) groups is 1. The Morgan fingerprint density at radius 1 is 1.30 bits per heavy atom. The first kappa shape index (κ1) is 17.9. The molecule has 3 aromatic rings. The SMILES string of the molecule is Cc1c(NC(=O)C(F)=Cc2ccc(C#N)c(F)c2)n[nH]c1-c1ccncc1. The number of rotatable bonds is 4. The normalized spacial score (nSPS) is 11.1. The number of benzene rings is 1. The number of amides is 1. The molecule has 0 bridgehead atoms. The number of hydrogen-bond donors (Lipinski definition) is 2. The van der Waals surface area contributed by atoms with Crippen LogP contribution in [-0.4, -0.2) is 21.1 Å². The van der Waals surface area contributed by atoms with Crippen LogP contribution in [0.15, 0.2) is 48.6 Å². The van der Waals surface area contributed by atoms with E-state index in [1.807, 2.05) is 0 Å². The molecule has 3 rings (SSSR count). The van der Waals surface area contributed by atoms with Crippen molar-refractivity contribution in [3.05, 3.63) is 71.1 Å². The number of aromatic amines is 1. The summed E-state index contributed by atoms with van der Waals surface area (Å²) in [6.45, 7) is 1.73. The van der Waals surface area contributed by atoms with Crippen molar-refractivity contribution < 1.29 is 13.6 Å². The minimum absolute atomic E-state index is 0.121. The van der Waals surface area contributed by atoms with E-state index >= 15 is 0 Å². The monoisotopic (exact) mass is 365 g/mol. The van der Waals surface area contributed by atoms with Crippen LogP contribution in [0.25, 0.3) is 17.3 Å². The van der Waals surface area contributed by atoms with E-state index in [4.69, 9.17) is 5.26 Å². The zero-order chi connectivity index (χ0) is 19.4. The van der Waals surface area contributed by atoms with Crippen molar-refractivity contribution in [3.63, 3.8) is 0 Å². The Morgan fingerprint density at radius 3 is 2.70 bits per heavy atom. The fraction of sp³-hybridized carbons (Fsp3) is 0.0526. The number of nitrogens with zero attached hydrogens (tertiary/aromatic N) is 3. The van der Waals surface area contributed by atoms with Gasteiger partial charge in [0.05, 0.1) is 11.3 Å². The average molecular weight is 365 g/mol. The summed E-state index contributed by atoms with van der Waals surface area (Å²) in [7, 11) is 0. The summed E-state index contributed by atoms with van der Waals surface area (Å²) in [5, 5.41) is 17.8. The minimum atomic E-state index is -1.12. The minimum Gasteiger partial charge on any atom is -0.303 e. The lowest BCUT2D eigenvalue weighted by Crippen LogP contribution is -2.13. The van der Waals surface area contributed by atoms with Gasteiger partial charge >= 0.3 is 0 Å². The molecule has 2 N–H and O–H groups in total. The van der Waals surface area contributed by atoms with E-state index in [0.29, 0.717) is 11.3 Å². The van der Waals surface area contributed by atoms with Gasteiger partial charge in [-0.1, -0.05) is 6.07 Å². The fourth-order valence-corrected chi connectivity index (χ4v) is 2.41. The number of anilines is 1. The molecule has 0 saturated heterocycles. The van der Waals surface area contributed by atoms with E-state index < -0.39 is 17.6 Å². The summed E-state index contributed by atoms with van der Waals surface area (Å²) >= 11 is 0. The summed E-state index contributed by atoms with van der Waals surface area (Å²) in [5.74, 6) is -2.74. The van der Waals surface area contributed by atoms with Gasteiger partial charge in [0.25, 0.3) is 5.91 Å². The molecule has 8 heteroatoms. The van der Waals surface area contributed by atoms with Gasteiger partial charge in [-0.05, 0) is 42.8 Å². The van der Waals surface area contributed by atoms with E-state index in [1.165, 1.54) is 12.1 Å². The maximum Gasteiger partial charge on any atom is 0.285 e. The number of H-pyrrole nitrogens is 1. The zero-order valence-corrected chi connectivity index (χ0v) is 14.1. The number of halogens is 2. The van der Waals surface area contributed by atoms with Gasteiger partial charge in [-0.2, -0.15) is 10.4 Å². The van der Waals surface area contributed by atoms with Gasteiger partial charge in [0.15, 0.2) is 11.6 Å². The molecule has 1 aromatic carbocycles. The van der Waals surface area contributed by atoms with Gasteiger partial charge < -0.3 is 5.32 Å². The van der Waals surface area contributed by atoms with E-state index in [9.17, 15) is 13.6 Å². The molecule has 2 aromatic heterocycles. The Kier molecular flexibility index (Phi) is 5.04. The predicted octanol–water partition coefficient (Wildman–Crippen LogP) is 3.74. The number of nitrogens with one attached hydrogen (secondary N) is 2. The standard InChI is InChI=1S/C19H13F2N5O/c1-11-17(13-4-6-23-7-5-13)25-26-18(11)24-19(27)16(21)9-12-2-3-14(10-22)15(20)8-12/h2-9H,1H3,(H2,24,25,26,27). The maximum absolute atomic E-state index is 14.2. The maximum atomic E-state index is 14.2. The van der Waals surface area contributed by atoms with Crippen molar-refractivity contribution in [1.82, 2.24) is 15.2 Å². The molecule has 27 heavy (non-hydrogen) atoms. The predicted molar refractivity (Wildman–Crippen MR) is 95.4 cm³/mol. The molecular weight excluding hydrogens is 352 g/mol. The largest absolute Gasteiger partial charge is 0.303 e. The van der Waals surface area contributed by atoms with Gasteiger partial charge in [-0.3, -0.25) is 14.9 Å². The lowest BCUT2D eigenvalue weighted by Gasteiger charge is -2.03. The molecule has 0 spiro atoms. The molecule has 0 aliphatic carbocycles. The van der Waals surface area contributed by atoms with Crippen LogP contribution >= 0.6 is 0 Å². The van der Waals surface area contributed by atoms with Gasteiger partial charge in [0.2, 0.25) is 0 Å². The Balaban J connectivity index is 1.78. The van der Waals surface area contributed by atoms with Crippen LogP contribution in [0.3, 0.4) is 0 Å². The molecule has 134 valence electrons. The number of pyridine rings is 1. The van der Waals surface area contributed by atoms with Crippen LogP contribution in [0.2, 0.25) is 0 Å². The van der Waals surface area contributed by atoms with Crippen molar-refractivity contribution in [2.24, 2.45) is 0 Å². The molecule has 0 saturated carbocycles. The van der Waals surface area contributed by atoms with E-state index in [-0.39, 0.29) is 16.9 Å². The van der Waals surface area contributed by atoms with Gasteiger partial charge in [0, 0.05) is 23.5 Å². The first-order chi connectivity index (χ1) is 13.0. The second-order valence-electron chi connectivity index (χ2n) is 5.61. The number of carbonyl (C=O) groups excluding carboxylic acids is 1. The molecule has 0 aliphatic rings. The van der Waals surface area contributed by atoms with E-state index in [0.717, 1.165) is 17.7 Å². The van der Waals surface area contributed by atoms with Crippen LogP contribution in [0, 0.1) is 24.1 Å². The Hall–Kier alpha value is -3.86. The summed E-state index contributed by atoms with van der Waals surface area (Å²) < 4.78 is 27.7. The van der Waals surface area contributed by atoms with Gasteiger partial charge in [-0.15, -0.1) is 0 Å². The van der Waals surface area contributed by atoms with Crippen LogP contribution < -0.4 is 5.32 Å². The van der Waals surface area contributed by atoms with Crippen molar-refractivity contribution >= 4 is 17.8 Å². The summed E-state index contributed by atoms with van der Waals surface area (Å²) in [6.07, 6.45) is 4.12. The molecule has 0 atom stereocenters. The molecule has 0 aliphatic heterocycles. The summed E-state index contributed by atoms with van der Waals surface area (Å²) in [5.41, 5.74) is 2.08. The van der Waals surface area contributed by atoms with E-state index in [1.54, 1.807) is 37.5 Å². The van der Waals surface area contributed by atoms with Crippen molar-refractivity contribution in [2.75, 3.05) is 5.32 Å². The Bertz CT molecular complexity index is 1070. The van der Waals surface area contributed by atoms with Crippen LogP contribution in [-0.2, 0) is 4.79 Å². The lowest BCUT2D eigenvalue weighted by molar-refractivity contribution is -0.114. The molecule has 0 unspecified atom stereocenters. The van der Waals surface area contributed by atoms with E-state index in [2.05, 4.69) is 20.5 Å². The third-order valence-electron chi connectivity index (χ3n) is 3.83. The van der Waals surface area contributed by atoms with Gasteiger partial charge in [0.1, 0.15) is 11.9 Å². The number of nitriles is 1. The highest BCUT2D eigenvalue weighted by Crippen LogP contribution is 2.25. The van der Waals surface area contributed by atoms with Crippen LogP contribution in [0.1, 0.15) is 16.7 Å². The first-order valence-electron chi connectivity index (χ1n) is 7.83. The smallest absolute Gasteiger partial charge is 0.285 e. The highest BCUT2D eigenvalue weighted by molar-refractivity contribution is 6.05. The third kappa shape index (κ3) is 3.88. The topological polar surface area (TPSA) is 94.5 Å². The quantitative estimate of drug-likeness (QED) is 0.689. The van der Waals surface area contributed by atoms with Crippen molar-refractivity contribution in [1.29, 1.82) is 5.26 Å². The highest BCUT2D eigenvalue weighted by Gasteiger charge is 2.16. The molecular formula is C19H13F2N5O. The fourth-order valence-electron chi connectivity index (χ4n) is 2.41. The number of hydrogen-bond acceptors (Lipinski definition) is 4. The molecule has 1 amide bonds. The molecule has 0 fully saturated rings. The first-order valence-corrected chi connectivity index (χ1v) is 7.83. The molecule has 6 nitrogen and oxygen atoms in total. The van der Waals surface area contributed by atoms with Gasteiger partial charge in [-0.25, -0.2) is 8.78 Å². The molecule has 0 radical (unpaired) electrons. The molecule has 2 heterocycles. The zero-order valence-electron chi connectivity index (χ0n) is 14.1. The summed E-state index contributed by atoms with van der Waals surface area (Å²) in [6, 6.07) is 8.74. The average Bonchev–Trinajstić information content (AvgIpc) is 3.03.